The number of phenols is 1. The van der Waals surface area contributed by atoms with Crippen molar-refractivity contribution in [1.29, 1.82) is 0 Å². The van der Waals surface area contributed by atoms with E-state index in [2.05, 4.69) is 34.8 Å². The van der Waals surface area contributed by atoms with Crippen molar-refractivity contribution in [2.75, 3.05) is 23.9 Å². The molecule has 0 aromatic heterocycles. The Morgan fingerprint density at radius 1 is 1.07 bits per heavy atom. The van der Waals surface area contributed by atoms with Crippen molar-refractivity contribution in [3.05, 3.63) is 92.6 Å². The molecule has 2 aliphatic rings. The van der Waals surface area contributed by atoms with Crippen LogP contribution in [-0.2, 0) is 9.59 Å². The van der Waals surface area contributed by atoms with Gasteiger partial charge in [0.15, 0.2) is 11.5 Å². The minimum atomic E-state index is -0.863. The monoisotopic (exact) mass is 736 g/mol. The molecule has 1 aliphatic carbocycles. The van der Waals surface area contributed by atoms with Gasteiger partial charge in [0.05, 0.1) is 40.9 Å². The van der Waals surface area contributed by atoms with Crippen LogP contribution in [0.1, 0.15) is 51.5 Å². The van der Waals surface area contributed by atoms with Crippen LogP contribution < -0.4 is 15.0 Å². The number of fused-ring (bicyclic) bond motifs is 1. The molecule has 0 bridgehead atoms. The van der Waals surface area contributed by atoms with Crippen molar-refractivity contribution in [3.63, 3.8) is 0 Å². The molecule has 1 fully saturated rings. The van der Waals surface area contributed by atoms with Crippen molar-refractivity contribution < 1.29 is 29.6 Å². The number of anilines is 3. The van der Waals surface area contributed by atoms with E-state index in [-0.39, 0.29) is 24.2 Å². The van der Waals surface area contributed by atoms with Gasteiger partial charge in [-0.15, -0.1) is 0 Å². The van der Waals surface area contributed by atoms with E-state index in [0.29, 0.717) is 46.3 Å². The molecule has 0 spiro atoms. The molecule has 0 unspecified atom stereocenters. The number of halogens is 1. The first-order valence-electron chi connectivity index (χ1n) is 15.8. The maximum Gasteiger partial charge on any atom is 0.238 e. The summed E-state index contributed by atoms with van der Waals surface area (Å²) in [6, 6.07) is 20.6. The zero-order valence-corrected chi connectivity index (χ0v) is 28.5. The molecule has 1 heterocycles. The highest BCUT2D eigenvalue weighted by atomic mass is 127. The summed E-state index contributed by atoms with van der Waals surface area (Å²) in [6.45, 7) is 3.72. The van der Waals surface area contributed by atoms with Gasteiger partial charge < -0.3 is 25.4 Å². The lowest BCUT2D eigenvalue weighted by atomic mass is 9.67. The molecule has 3 aromatic carbocycles. The molecular weight excluding hydrogens is 695 g/mol. The Balaban J connectivity index is 1.34. The summed E-state index contributed by atoms with van der Waals surface area (Å²) in [5, 5.41) is 35.8. The summed E-state index contributed by atoms with van der Waals surface area (Å²) in [5.74, 6) is -2.02. The Bertz CT molecular complexity index is 1640. The molecule has 8 nitrogen and oxygen atoms in total. The molecule has 0 radical (unpaired) electrons. The zero-order chi connectivity index (χ0) is 33.0. The van der Waals surface area contributed by atoms with E-state index in [1.165, 1.54) is 12.0 Å². The Hall–Kier alpha value is -3.67. The van der Waals surface area contributed by atoms with E-state index in [1.54, 1.807) is 18.2 Å². The Morgan fingerprint density at radius 3 is 2.39 bits per heavy atom. The quantitative estimate of drug-likeness (QED) is 0.0882. The summed E-state index contributed by atoms with van der Waals surface area (Å²) in [7, 11) is 1.52. The molecule has 0 saturated carbocycles. The minimum Gasteiger partial charge on any atom is -0.504 e. The van der Waals surface area contributed by atoms with Crippen LogP contribution in [-0.4, -0.2) is 47.0 Å². The number of carbonyl (C=O) groups is 2. The Kier molecular flexibility index (Phi) is 10.9. The highest BCUT2D eigenvalue weighted by Crippen LogP contribution is 2.48. The summed E-state index contributed by atoms with van der Waals surface area (Å²) < 4.78 is 5.99. The zero-order valence-electron chi connectivity index (χ0n) is 26.4. The second-order valence-electron chi connectivity index (χ2n) is 11.9. The van der Waals surface area contributed by atoms with E-state index in [9.17, 15) is 24.9 Å². The van der Waals surface area contributed by atoms with Crippen LogP contribution >= 0.6 is 22.6 Å². The number of para-hydroxylation sites is 1. The largest absolute Gasteiger partial charge is 0.504 e. The van der Waals surface area contributed by atoms with Crippen LogP contribution in [0.15, 0.2) is 83.4 Å². The number of amides is 2. The van der Waals surface area contributed by atoms with Crippen molar-refractivity contribution in [2.45, 2.75) is 52.1 Å². The molecule has 2 amide bonds. The van der Waals surface area contributed by atoms with Crippen LogP contribution in [0.5, 0.6) is 11.5 Å². The number of carbonyl (C=O) groups excluding carboxylic acids is 2. The van der Waals surface area contributed by atoms with Gasteiger partial charge in [-0.25, -0.2) is 0 Å². The molecule has 4 N–H and O–H groups in total. The Labute approximate surface area is 283 Å². The number of phenolic OH excluding ortho intramolecular Hbond substituents is 1. The second-order valence-corrected chi connectivity index (χ2v) is 13.0. The predicted molar refractivity (Wildman–Crippen MR) is 189 cm³/mol. The van der Waals surface area contributed by atoms with E-state index >= 15 is 0 Å². The van der Waals surface area contributed by atoms with E-state index in [4.69, 9.17) is 4.74 Å². The topological polar surface area (TPSA) is 119 Å². The number of hydrogen-bond acceptors (Lipinski definition) is 7. The average molecular weight is 737 g/mol. The van der Waals surface area contributed by atoms with E-state index < -0.39 is 23.9 Å². The van der Waals surface area contributed by atoms with Gasteiger partial charge in [-0.1, -0.05) is 49.3 Å². The number of ether oxygens (including phenoxy) is 1. The number of nitrogens with one attached hydrogen (secondary N) is 1. The van der Waals surface area contributed by atoms with Crippen LogP contribution in [0.25, 0.3) is 6.08 Å². The second kappa shape index (κ2) is 14.8. The first kappa shape index (κ1) is 33.7. The highest BCUT2D eigenvalue weighted by Gasteiger charge is 2.55. The molecular formula is C37H41IN2O6. The summed E-state index contributed by atoms with van der Waals surface area (Å²) >= 11 is 2.07. The van der Waals surface area contributed by atoms with Crippen molar-refractivity contribution in [3.8, 4) is 11.5 Å². The third-order valence-corrected chi connectivity index (χ3v) is 10.0. The molecule has 242 valence electrons. The lowest BCUT2D eigenvalue weighted by Crippen LogP contribution is -2.39. The normalized spacial score (nSPS) is 20.6. The number of aliphatic hydroxyl groups is 2. The third-order valence-electron chi connectivity index (χ3n) is 9.19. The average Bonchev–Trinajstić information content (AvgIpc) is 3.32. The van der Waals surface area contributed by atoms with Crippen molar-refractivity contribution >= 4 is 57.5 Å². The van der Waals surface area contributed by atoms with Gasteiger partial charge in [0, 0.05) is 17.3 Å². The molecule has 5 rings (SSSR count). The number of imide groups is 1. The van der Waals surface area contributed by atoms with E-state index in [1.807, 2.05) is 61.5 Å². The van der Waals surface area contributed by atoms with Crippen LogP contribution in [0, 0.1) is 21.3 Å². The maximum atomic E-state index is 13.9. The van der Waals surface area contributed by atoms with Gasteiger partial charge >= 0.3 is 0 Å². The number of nitrogens with zero attached hydrogens (tertiary/aromatic N) is 1. The fourth-order valence-electron chi connectivity index (χ4n) is 6.83. The van der Waals surface area contributed by atoms with Crippen LogP contribution in [0.4, 0.5) is 17.1 Å². The summed E-state index contributed by atoms with van der Waals surface area (Å²) in [4.78, 5) is 28.9. The van der Waals surface area contributed by atoms with Gasteiger partial charge in [0.2, 0.25) is 11.8 Å². The Morgan fingerprint density at radius 2 is 1.76 bits per heavy atom. The van der Waals surface area contributed by atoms with Crippen molar-refractivity contribution in [1.82, 2.24) is 0 Å². The standard InChI is InChI=1S/C37H41IN2O6/c1-4-22(17-23-18-30(38)35(43)32(19-23)46-3)11-16-31(42)33-24(5-2)20-28-34(29(33)21-41)37(45)40(36(28)44)27-14-12-26(13-15-27)39-25-9-7-6-8-10-25/h6-10,12-15,17-19,28-29,31,34,39,41-43H,4-5,11,16,20-21H2,1-3H3/b22-17+/t28-,29+,31-,34-/m1/s1. The summed E-state index contributed by atoms with van der Waals surface area (Å²) in [5.41, 5.74) is 5.91. The number of hydrogen-bond donors (Lipinski definition) is 4. The SMILES string of the molecule is CCC1=C([C@H](O)CC/C(=C/c2cc(I)c(O)c(OC)c2)CC)[C@H](CO)[C@@H]2C(=O)N(c3ccc(Nc4ccccc4)cc3)C(=O)[C@@H]2C1. The third kappa shape index (κ3) is 6.86. The van der Waals surface area contributed by atoms with Gasteiger partial charge in [-0.3, -0.25) is 14.5 Å². The molecule has 46 heavy (non-hydrogen) atoms. The summed E-state index contributed by atoms with van der Waals surface area (Å²) in [6.07, 6.45) is 3.98. The molecule has 3 aromatic rings. The van der Waals surface area contributed by atoms with Gasteiger partial charge in [0.1, 0.15) is 0 Å². The number of rotatable bonds is 12. The lowest BCUT2D eigenvalue weighted by Gasteiger charge is -2.36. The van der Waals surface area contributed by atoms with Gasteiger partial charge in [0.25, 0.3) is 0 Å². The number of methoxy groups -OCH3 is 1. The highest BCUT2D eigenvalue weighted by molar-refractivity contribution is 14.1. The number of benzene rings is 3. The van der Waals surface area contributed by atoms with Crippen LogP contribution in [0.3, 0.4) is 0 Å². The van der Waals surface area contributed by atoms with E-state index in [0.717, 1.165) is 34.5 Å². The number of aliphatic hydroxyl groups excluding tert-OH is 2. The fourth-order valence-corrected chi connectivity index (χ4v) is 7.46. The molecule has 9 heteroatoms. The number of aromatic hydroxyl groups is 1. The fraction of sp³-hybridized carbons (Fsp3) is 0.351. The maximum absolute atomic E-state index is 13.9. The first-order valence-corrected chi connectivity index (χ1v) is 16.8. The molecule has 4 atom stereocenters. The van der Waals surface area contributed by atoms with Crippen LogP contribution in [0.2, 0.25) is 0 Å². The number of allylic oxidation sites excluding steroid dienone is 2. The molecule has 1 aliphatic heterocycles. The predicted octanol–water partition coefficient (Wildman–Crippen LogP) is 7.21. The first-order chi connectivity index (χ1) is 22.2. The van der Waals surface area contributed by atoms with Gasteiger partial charge in [-0.05, 0) is 114 Å². The lowest BCUT2D eigenvalue weighted by molar-refractivity contribution is -0.123. The molecule has 1 saturated heterocycles. The van der Waals surface area contributed by atoms with Crippen molar-refractivity contribution in [2.24, 2.45) is 17.8 Å². The van der Waals surface area contributed by atoms with Gasteiger partial charge in [-0.2, -0.15) is 0 Å². The smallest absolute Gasteiger partial charge is 0.238 e. The minimum absolute atomic E-state index is 0.106.